The largest absolute Gasteiger partial charge is 0.495 e. The maximum absolute atomic E-state index is 11.5. The molecular formula is C12H15BrO5. The summed E-state index contributed by atoms with van der Waals surface area (Å²) in [5.74, 6) is 0.175. The van der Waals surface area contributed by atoms with Gasteiger partial charge in [-0.05, 0) is 35.0 Å². The molecule has 0 spiro atoms. The van der Waals surface area contributed by atoms with Crippen LogP contribution in [0.4, 0.5) is 0 Å². The minimum absolute atomic E-state index is 0.204. The fourth-order valence-corrected chi connectivity index (χ4v) is 2.17. The molecular weight excluding hydrogens is 304 g/mol. The van der Waals surface area contributed by atoms with Crippen LogP contribution in [0, 0.1) is 0 Å². The van der Waals surface area contributed by atoms with E-state index in [4.69, 9.17) is 14.2 Å². The van der Waals surface area contributed by atoms with E-state index in [-0.39, 0.29) is 6.61 Å². The summed E-state index contributed by atoms with van der Waals surface area (Å²) in [6.45, 7) is 1.88. The summed E-state index contributed by atoms with van der Waals surface area (Å²) in [5, 5.41) is 9.90. The Morgan fingerprint density at radius 1 is 1.39 bits per heavy atom. The second-order valence-corrected chi connectivity index (χ2v) is 4.15. The fraction of sp³-hybridized carbons (Fsp3) is 0.417. The van der Waals surface area contributed by atoms with Crippen LogP contribution in [-0.4, -0.2) is 31.9 Å². The van der Waals surface area contributed by atoms with Gasteiger partial charge in [0.2, 0.25) is 0 Å². The van der Waals surface area contributed by atoms with Crippen molar-refractivity contribution in [2.45, 2.75) is 13.0 Å². The average molecular weight is 319 g/mol. The van der Waals surface area contributed by atoms with Crippen molar-refractivity contribution in [1.29, 1.82) is 0 Å². The van der Waals surface area contributed by atoms with Crippen LogP contribution in [0.3, 0.4) is 0 Å². The van der Waals surface area contributed by atoms with Gasteiger partial charge in [-0.25, -0.2) is 4.79 Å². The maximum atomic E-state index is 11.5. The third-order valence-electron chi connectivity index (χ3n) is 2.32. The molecule has 0 fully saturated rings. The minimum Gasteiger partial charge on any atom is -0.495 e. The SMILES string of the molecule is CCOC(=O)C(O)c1ccc(OC)c(Br)c1OC. The van der Waals surface area contributed by atoms with Gasteiger partial charge in [-0.2, -0.15) is 0 Å². The Kier molecular flexibility index (Phi) is 5.43. The van der Waals surface area contributed by atoms with Gasteiger partial charge in [-0.1, -0.05) is 0 Å². The lowest BCUT2D eigenvalue weighted by molar-refractivity contribution is -0.153. The number of hydrogen-bond acceptors (Lipinski definition) is 5. The first-order valence-corrected chi connectivity index (χ1v) is 6.11. The number of carbonyl (C=O) groups is 1. The van der Waals surface area contributed by atoms with E-state index >= 15 is 0 Å². The highest BCUT2D eigenvalue weighted by molar-refractivity contribution is 9.10. The number of esters is 1. The molecule has 0 saturated heterocycles. The van der Waals surface area contributed by atoms with E-state index in [9.17, 15) is 9.90 Å². The normalized spacial score (nSPS) is 11.8. The third kappa shape index (κ3) is 2.94. The summed E-state index contributed by atoms with van der Waals surface area (Å²) < 4.78 is 15.6. The molecule has 18 heavy (non-hydrogen) atoms. The molecule has 1 rings (SSSR count). The number of carbonyl (C=O) groups excluding carboxylic acids is 1. The van der Waals surface area contributed by atoms with Crippen LogP contribution in [0.5, 0.6) is 11.5 Å². The van der Waals surface area contributed by atoms with Crippen LogP contribution in [0.2, 0.25) is 0 Å². The number of rotatable bonds is 5. The van der Waals surface area contributed by atoms with Crippen molar-refractivity contribution in [3.05, 3.63) is 22.2 Å². The van der Waals surface area contributed by atoms with E-state index in [1.54, 1.807) is 19.1 Å². The van der Waals surface area contributed by atoms with Gasteiger partial charge < -0.3 is 19.3 Å². The Bertz CT molecular complexity index is 433. The molecule has 1 atom stereocenters. The molecule has 100 valence electrons. The summed E-state index contributed by atoms with van der Waals surface area (Å²) in [6, 6.07) is 3.19. The molecule has 0 aliphatic rings. The second kappa shape index (κ2) is 6.61. The number of aliphatic hydroxyl groups is 1. The molecule has 0 aromatic heterocycles. The molecule has 6 heteroatoms. The van der Waals surface area contributed by atoms with Crippen LogP contribution < -0.4 is 9.47 Å². The Balaban J connectivity index is 3.16. The van der Waals surface area contributed by atoms with Crippen molar-refractivity contribution in [2.24, 2.45) is 0 Å². The predicted molar refractivity (Wildman–Crippen MR) is 68.8 cm³/mol. The number of methoxy groups -OCH3 is 2. The Morgan fingerprint density at radius 3 is 2.56 bits per heavy atom. The van der Waals surface area contributed by atoms with E-state index in [2.05, 4.69) is 15.9 Å². The molecule has 1 aromatic carbocycles. The highest BCUT2D eigenvalue weighted by Gasteiger charge is 2.25. The van der Waals surface area contributed by atoms with Gasteiger partial charge in [-0.15, -0.1) is 0 Å². The van der Waals surface area contributed by atoms with Crippen molar-refractivity contribution in [3.63, 3.8) is 0 Å². The number of hydrogen-bond donors (Lipinski definition) is 1. The van der Waals surface area contributed by atoms with E-state index in [0.29, 0.717) is 21.5 Å². The monoisotopic (exact) mass is 318 g/mol. The van der Waals surface area contributed by atoms with Gasteiger partial charge in [0, 0.05) is 5.56 Å². The summed E-state index contributed by atoms with van der Waals surface area (Å²) >= 11 is 3.30. The molecule has 0 amide bonds. The standard InChI is InChI=1S/C12H15BrO5/c1-4-18-12(15)10(14)7-5-6-8(16-2)9(13)11(7)17-3/h5-6,10,14H,4H2,1-3H3. The van der Waals surface area contributed by atoms with Gasteiger partial charge in [-0.3, -0.25) is 0 Å². The zero-order valence-electron chi connectivity index (χ0n) is 10.4. The van der Waals surface area contributed by atoms with Gasteiger partial charge in [0.05, 0.1) is 20.8 Å². The van der Waals surface area contributed by atoms with Crippen LogP contribution in [-0.2, 0) is 9.53 Å². The van der Waals surface area contributed by atoms with E-state index < -0.39 is 12.1 Å². The van der Waals surface area contributed by atoms with E-state index in [1.807, 2.05) is 0 Å². The molecule has 0 radical (unpaired) electrons. The lowest BCUT2D eigenvalue weighted by Gasteiger charge is -2.16. The van der Waals surface area contributed by atoms with Crippen molar-refractivity contribution in [2.75, 3.05) is 20.8 Å². The number of halogens is 1. The van der Waals surface area contributed by atoms with Crippen LogP contribution >= 0.6 is 15.9 Å². The third-order valence-corrected chi connectivity index (χ3v) is 3.07. The Morgan fingerprint density at radius 2 is 2.06 bits per heavy atom. The summed E-state index contributed by atoms with van der Waals surface area (Å²) in [5.41, 5.74) is 0.323. The lowest BCUT2D eigenvalue weighted by atomic mass is 10.1. The second-order valence-electron chi connectivity index (χ2n) is 3.36. The maximum Gasteiger partial charge on any atom is 0.339 e. The molecule has 0 aliphatic carbocycles. The predicted octanol–water partition coefficient (Wildman–Crippen LogP) is 2.06. The zero-order chi connectivity index (χ0) is 13.7. The number of benzene rings is 1. The average Bonchev–Trinajstić information content (AvgIpc) is 2.37. The van der Waals surface area contributed by atoms with Gasteiger partial charge in [0.15, 0.2) is 6.10 Å². The highest BCUT2D eigenvalue weighted by atomic mass is 79.9. The van der Waals surface area contributed by atoms with Crippen molar-refractivity contribution >= 4 is 21.9 Å². The molecule has 0 aliphatic heterocycles. The van der Waals surface area contributed by atoms with Crippen LogP contribution in [0.1, 0.15) is 18.6 Å². The fourth-order valence-electron chi connectivity index (χ4n) is 1.48. The smallest absolute Gasteiger partial charge is 0.339 e. The Hall–Kier alpha value is -1.27. The Labute approximate surface area is 114 Å². The van der Waals surface area contributed by atoms with E-state index in [0.717, 1.165) is 0 Å². The molecule has 1 unspecified atom stereocenters. The summed E-state index contributed by atoms with van der Waals surface area (Å²) in [4.78, 5) is 11.5. The molecule has 5 nitrogen and oxygen atoms in total. The molecule has 1 N–H and O–H groups in total. The quantitative estimate of drug-likeness (QED) is 0.842. The first-order valence-electron chi connectivity index (χ1n) is 5.31. The molecule has 0 bridgehead atoms. The number of aliphatic hydroxyl groups excluding tert-OH is 1. The minimum atomic E-state index is -1.39. The summed E-state index contributed by atoms with van der Waals surface area (Å²) in [7, 11) is 2.96. The van der Waals surface area contributed by atoms with Crippen molar-refractivity contribution in [3.8, 4) is 11.5 Å². The van der Waals surface area contributed by atoms with Gasteiger partial charge in [0.25, 0.3) is 0 Å². The van der Waals surface area contributed by atoms with Crippen LogP contribution in [0.15, 0.2) is 16.6 Å². The van der Waals surface area contributed by atoms with Gasteiger partial charge in [0.1, 0.15) is 16.0 Å². The van der Waals surface area contributed by atoms with E-state index in [1.165, 1.54) is 14.2 Å². The first-order chi connectivity index (χ1) is 8.56. The summed E-state index contributed by atoms with van der Waals surface area (Å²) in [6.07, 6.45) is -1.39. The van der Waals surface area contributed by atoms with Gasteiger partial charge >= 0.3 is 5.97 Å². The topological polar surface area (TPSA) is 65.0 Å². The van der Waals surface area contributed by atoms with Crippen molar-refractivity contribution < 1.29 is 24.1 Å². The molecule has 0 heterocycles. The highest BCUT2D eigenvalue weighted by Crippen LogP contribution is 2.39. The number of ether oxygens (including phenoxy) is 3. The molecule has 1 aromatic rings. The zero-order valence-corrected chi connectivity index (χ0v) is 12.0. The lowest BCUT2D eigenvalue weighted by Crippen LogP contribution is -2.16. The van der Waals surface area contributed by atoms with Crippen molar-refractivity contribution in [1.82, 2.24) is 0 Å². The van der Waals surface area contributed by atoms with Crippen LogP contribution in [0.25, 0.3) is 0 Å². The molecule has 0 saturated carbocycles. The first kappa shape index (κ1) is 14.8.